The molecule has 7 nitrogen and oxygen atoms in total. The number of guanidine groups is 1. The zero-order chi connectivity index (χ0) is 21.3. The second-order valence-corrected chi connectivity index (χ2v) is 7.75. The third-order valence-corrected chi connectivity index (χ3v) is 5.49. The summed E-state index contributed by atoms with van der Waals surface area (Å²) in [7, 11) is 0. The number of imidazole rings is 1. The maximum atomic E-state index is 5.41. The molecule has 31 heavy (non-hydrogen) atoms. The predicted octanol–water partition coefficient (Wildman–Crippen LogP) is 2.47. The highest BCUT2D eigenvalue weighted by molar-refractivity contribution is 5.79. The van der Waals surface area contributed by atoms with E-state index >= 15 is 0 Å². The molecule has 1 saturated heterocycles. The van der Waals surface area contributed by atoms with Gasteiger partial charge in [0.2, 0.25) is 0 Å². The van der Waals surface area contributed by atoms with Gasteiger partial charge in [-0.3, -0.25) is 4.90 Å². The van der Waals surface area contributed by atoms with Crippen LogP contribution in [-0.2, 0) is 17.8 Å². The van der Waals surface area contributed by atoms with Crippen LogP contribution in [0.3, 0.4) is 0 Å². The summed E-state index contributed by atoms with van der Waals surface area (Å²) in [5, 5.41) is 6.78. The van der Waals surface area contributed by atoms with Crippen molar-refractivity contribution in [2.75, 3.05) is 45.9 Å². The van der Waals surface area contributed by atoms with Crippen molar-refractivity contribution in [1.29, 1.82) is 0 Å². The Kier molecular flexibility index (Phi) is 7.52. The Labute approximate surface area is 184 Å². The van der Waals surface area contributed by atoms with Gasteiger partial charge >= 0.3 is 0 Å². The van der Waals surface area contributed by atoms with Crippen LogP contribution in [0.1, 0.15) is 18.1 Å². The normalized spacial score (nSPS) is 15.3. The van der Waals surface area contributed by atoms with E-state index in [-0.39, 0.29) is 0 Å². The molecule has 7 heteroatoms. The van der Waals surface area contributed by atoms with Gasteiger partial charge in [-0.05, 0) is 30.2 Å². The molecule has 0 spiro atoms. The average molecular weight is 421 g/mol. The number of hydrogen-bond acceptors (Lipinski definition) is 4. The van der Waals surface area contributed by atoms with E-state index < -0.39 is 0 Å². The number of nitrogens with one attached hydrogen (secondary N) is 2. The van der Waals surface area contributed by atoms with Gasteiger partial charge in [-0.2, -0.15) is 0 Å². The van der Waals surface area contributed by atoms with Crippen LogP contribution in [0, 0.1) is 0 Å². The van der Waals surface area contributed by atoms with Gasteiger partial charge in [0.1, 0.15) is 0 Å². The zero-order valence-electron chi connectivity index (χ0n) is 18.3. The number of benzene rings is 2. The van der Waals surface area contributed by atoms with Crippen molar-refractivity contribution in [2.45, 2.75) is 20.0 Å². The summed E-state index contributed by atoms with van der Waals surface area (Å²) >= 11 is 0. The van der Waals surface area contributed by atoms with Crippen molar-refractivity contribution in [3.05, 3.63) is 66.0 Å². The molecule has 3 aromatic rings. The van der Waals surface area contributed by atoms with Gasteiger partial charge in [0.25, 0.3) is 0 Å². The van der Waals surface area contributed by atoms with E-state index in [4.69, 9.17) is 9.73 Å². The number of nitrogens with zero attached hydrogens (tertiary/aromatic N) is 4. The summed E-state index contributed by atoms with van der Waals surface area (Å²) < 4.78 is 7.59. The first-order chi connectivity index (χ1) is 15.3. The molecule has 2 N–H and O–H groups in total. The quantitative estimate of drug-likeness (QED) is 0.433. The van der Waals surface area contributed by atoms with Crippen LogP contribution < -0.4 is 10.6 Å². The lowest BCUT2D eigenvalue weighted by Gasteiger charge is -2.26. The van der Waals surface area contributed by atoms with Crippen LogP contribution in [0.15, 0.2) is 59.9 Å². The van der Waals surface area contributed by atoms with E-state index in [1.54, 1.807) is 0 Å². The van der Waals surface area contributed by atoms with Crippen molar-refractivity contribution in [2.24, 2.45) is 4.99 Å². The summed E-state index contributed by atoms with van der Waals surface area (Å²) in [6, 6.07) is 16.9. The number of para-hydroxylation sites is 2. The van der Waals surface area contributed by atoms with E-state index in [1.165, 1.54) is 11.1 Å². The molecule has 2 heterocycles. The smallest absolute Gasteiger partial charge is 0.191 e. The number of rotatable bonds is 8. The van der Waals surface area contributed by atoms with Gasteiger partial charge in [0.15, 0.2) is 5.96 Å². The number of aliphatic imine (C=N–C) groups is 1. The highest BCUT2D eigenvalue weighted by Gasteiger charge is 2.09. The molecule has 2 aromatic carbocycles. The fourth-order valence-electron chi connectivity index (χ4n) is 3.75. The number of morpholine rings is 1. The molecule has 4 rings (SSSR count). The van der Waals surface area contributed by atoms with Crippen LogP contribution in [0.4, 0.5) is 0 Å². The standard InChI is InChI=1S/C24H32N6O/c1-2-25-24(26-11-12-29-13-15-31-16-14-29)27-17-20-7-9-21(10-8-20)18-30-19-28-22-5-3-4-6-23(22)30/h3-10,19H,2,11-18H2,1H3,(H2,25,26,27). The molecule has 0 amide bonds. The molecule has 1 aliphatic heterocycles. The highest BCUT2D eigenvalue weighted by Crippen LogP contribution is 2.14. The minimum Gasteiger partial charge on any atom is -0.379 e. The molecule has 0 radical (unpaired) electrons. The number of fused-ring (bicyclic) bond motifs is 1. The van der Waals surface area contributed by atoms with E-state index in [1.807, 2.05) is 18.5 Å². The average Bonchev–Trinajstić information content (AvgIpc) is 3.22. The maximum absolute atomic E-state index is 5.41. The summed E-state index contributed by atoms with van der Waals surface area (Å²) in [6.07, 6.45) is 1.91. The third-order valence-electron chi connectivity index (χ3n) is 5.49. The van der Waals surface area contributed by atoms with Crippen LogP contribution in [0.5, 0.6) is 0 Å². The van der Waals surface area contributed by atoms with Crippen molar-refractivity contribution in [1.82, 2.24) is 25.1 Å². The lowest BCUT2D eigenvalue weighted by molar-refractivity contribution is 0.0389. The van der Waals surface area contributed by atoms with Gasteiger partial charge in [0, 0.05) is 39.3 Å². The topological polar surface area (TPSA) is 66.7 Å². The highest BCUT2D eigenvalue weighted by atomic mass is 16.5. The van der Waals surface area contributed by atoms with Crippen molar-refractivity contribution in [3.63, 3.8) is 0 Å². The maximum Gasteiger partial charge on any atom is 0.191 e. The largest absolute Gasteiger partial charge is 0.379 e. The Morgan fingerprint density at radius 2 is 1.81 bits per heavy atom. The first-order valence-electron chi connectivity index (χ1n) is 11.1. The second kappa shape index (κ2) is 10.9. The minimum atomic E-state index is 0.654. The number of ether oxygens (including phenoxy) is 1. The fraction of sp³-hybridized carbons (Fsp3) is 0.417. The van der Waals surface area contributed by atoms with Crippen molar-refractivity contribution < 1.29 is 4.74 Å². The molecular weight excluding hydrogens is 388 g/mol. The molecule has 0 unspecified atom stereocenters. The molecule has 1 aliphatic rings. The lowest BCUT2D eigenvalue weighted by Crippen LogP contribution is -2.44. The van der Waals surface area contributed by atoms with Crippen molar-refractivity contribution in [3.8, 4) is 0 Å². The van der Waals surface area contributed by atoms with Gasteiger partial charge in [-0.25, -0.2) is 9.98 Å². The van der Waals surface area contributed by atoms with E-state index in [0.29, 0.717) is 6.54 Å². The summed E-state index contributed by atoms with van der Waals surface area (Å²) in [4.78, 5) is 11.6. The van der Waals surface area contributed by atoms with Crippen LogP contribution in [0.2, 0.25) is 0 Å². The third kappa shape index (κ3) is 6.06. The Bertz CT molecular complexity index is 975. The fourth-order valence-corrected chi connectivity index (χ4v) is 3.75. The SMILES string of the molecule is CCNC(=NCc1ccc(Cn2cnc3ccccc32)cc1)NCCN1CCOCC1. The molecular formula is C24H32N6O. The summed E-state index contributed by atoms with van der Waals surface area (Å²) in [5.41, 5.74) is 4.65. The van der Waals surface area contributed by atoms with Crippen LogP contribution in [0.25, 0.3) is 11.0 Å². The molecule has 0 atom stereocenters. The molecule has 0 aliphatic carbocycles. The number of hydrogen-bond donors (Lipinski definition) is 2. The van der Waals surface area contributed by atoms with Crippen LogP contribution >= 0.6 is 0 Å². The lowest BCUT2D eigenvalue weighted by atomic mass is 10.1. The summed E-state index contributed by atoms with van der Waals surface area (Å²) in [6.45, 7) is 9.98. The molecule has 1 fully saturated rings. The molecule has 1 aromatic heterocycles. The Morgan fingerprint density at radius 1 is 1.03 bits per heavy atom. The molecule has 0 bridgehead atoms. The molecule has 164 valence electrons. The molecule has 0 saturated carbocycles. The van der Waals surface area contributed by atoms with E-state index in [0.717, 1.165) is 69.5 Å². The minimum absolute atomic E-state index is 0.654. The van der Waals surface area contributed by atoms with Gasteiger partial charge < -0.3 is 19.9 Å². The van der Waals surface area contributed by atoms with Crippen LogP contribution in [-0.4, -0.2) is 66.3 Å². The Hall–Kier alpha value is -2.90. The van der Waals surface area contributed by atoms with E-state index in [9.17, 15) is 0 Å². The number of aromatic nitrogens is 2. The van der Waals surface area contributed by atoms with Gasteiger partial charge in [-0.1, -0.05) is 36.4 Å². The zero-order valence-corrected chi connectivity index (χ0v) is 18.3. The van der Waals surface area contributed by atoms with Gasteiger partial charge in [0.05, 0.1) is 37.1 Å². The Morgan fingerprint density at radius 3 is 2.61 bits per heavy atom. The van der Waals surface area contributed by atoms with Gasteiger partial charge in [-0.15, -0.1) is 0 Å². The van der Waals surface area contributed by atoms with Crippen molar-refractivity contribution >= 4 is 17.0 Å². The summed E-state index contributed by atoms with van der Waals surface area (Å²) in [5.74, 6) is 0.865. The first kappa shape index (κ1) is 21.3. The predicted molar refractivity (Wildman–Crippen MR) is 125 cm³/mol. The first-order valence-corrected chi connectivity index (χ1v) is 11.1. The second-order valence-electron chi connectivity index (χ2n) is 7.75. The monoisotopic (exact) mass is 420 g/mol. The van der Waals surface area contributed by atoms with E-state index in [2.05, 4.69) is 68.4 Å². The Balaban J connectivity index is 1.30.